The van der Waals surface area contributed by atoms with Crippen LogP contribution in [0.2, 0.25) is 0 Å². The quantitative estimate of drug-likeness (QED) is 0.606. The van der Waals surface area contributed by atoms with Gasteiger partial charge in [-0.2, -0.15) is 10.3 Å². The Morgan fingerprint density at radius 1 is 1.38 bits per heavy atom. The molecule has 0 saturated heterocycles. The number of guanidine groups is 1. The van der Waals surface area contributed by atoms with Crippen LogP contribution in [0.1, 0.15) is 34.8 Å². The van der Waals surface area contributed by atoms with Crippen molar-refractivity contribution in [1.29, 1.82) is 5.26 Å². The van der Waals surface area contributed by atoms with Gasteiger partial charge in [0, 0.05) is 6.26 Å². The van der Waals surface area contributed by atoms with E-state index in [4.69, 9.17) is 16.7 Å². The average Bonchev–Trinajstić information content (AvgIpc) is 2.36. The summed E-state index contributed by atoms with van der Waals surface area (Å²) in [6.45, 7) is 1.89. The van der Waals surface area contributed by atoms with Gasteiger partial charge in [0.25, 0.3) is 5.91 Å². The van der Waals surface area contributed by atoms with Gasteiger partial charge in [0.1, 0.15) is 0 Å². The van der Waals surface area contributed by atoms with E-state index in [2.05, 4.69) is 4.99 Å². The minimum atomic E-state index is -3.54. The monoisotopic (exact) mass is 308 g/mol. The van der Waals surface area contributed by atoms with Gasteiger partial charge in [-0.25, -0.2) is 8.42 Å². The van der Waals surface area contributed by atoms with Gasteiger partial charge >= 0.3 is 0 Å². The molecule has 8 heteroatoms. The lowest BCUT2D eigenvalue weighted by atomic mass is 10.0. The van der Waals surface area contributed by atoms with Gasteiger partial charge in [-0.3, -0.25) is 4.79 Å². The van der Waals surface area contributed by atoms with Crippen LogP contribution in [0.5, 0.6) is 0 Å². The molecule has 0 spiro atoms. The predicted molar refractivity (Wildman–Crippen MR) is 78.4 cm³/mol. The van der Waals surface area contributed by atoms with Crippen molar-refractivity contribution < 1.29 is 13.2 Å². The molecule has 21 heavy (non-hydrogen) atoms. The zero-order valence-corrected chi connectivity index (χ0v) is 12.6. The molecule has 4 N–H and O–H groups in total. The van der Waals surface area contributed by atoms with Crippen molar-refractivity contribution in [2.45, 2.75) is 24.7 Å². The Balaban J connectivity index is 3.64. The molecule has 0 unspecified atom stereocenters. The van der Waals surface area contributed by atoms with E-state index in [0.29, 0.717) is 18.4 Å². The highest BCUT2D eigenvalue weighted by molar-refractivity contribution is 7.90. The highest BCUT2D eigenvalue weighted by atomic mass is 32.2. The number of hydrogen-bond acceptors (Lipinski definition) is 4. The molecule has 0 saturated carbocycles. The Labute approximate surface area is 123 Å². The Hall–Kier alpha value is -2.40. The van der Waals surface area contributed by atoms with E-state index >= 15 is 0 Å². The van der Waals surface area contributed by atoms with E-state index in [0.717, 1.165) is 12.3 Å². The van der Waals surface area contributed by atoms with Gasteiger partial charge in [0.15, 0.2) is 15.8 Å². The Morgan fingerprint density at radius 3 is 2.43 bits per heavy atom. The fourth-order valence-corrected chi connectivity index (χ4v) is 2.85. The second-order valence-electron chi connectivity index (χ2n) is 4.48. The van der Waals surface area contributed by atoms with Crippen molar-refractivity contribution in [1.82, 2.24) is 0 Å². The number of nitriles is 1. The summed E-state index contributed by atoms with van der Waals surface area (Å²) in [5.41, 5.74) is 10.7. The molecule has 1 aromatic rings. The number of aliphatic imine (C=N–C) groups is 1. The third-order valence-electron chi connectivity index (χ3n) is 2.70. The molecule has 0 heterocycles. The molecule has 0 radical (unpaired) electrons. The number of hydrogen-bond donors (Lipinski definition) is 2. The zero-order valence-electron chi connectivity index (χ0n) is 11.8. The number of amides is 1. The van der Waals surface area contributed by atoms with Crippen molar-refractivity contribution in [3.63, 3.8) is 0 Å². The van der Waals surface area contributed by atoms with Crippen LogP contribution in [-0.2, 0) is 16.3 Å². The van der Waals surface area contributed by atoms with E-state index in [1.807, 2.05) is 13.0 Å². The Bertz CT molecular complexity index is 741. The number of carbonyl (C=O) groups is 1. The molecule has 7 nitrogen and oxygen atoms in total. The van der Waals surface area contributed by atoms with Crippen LogP contribution in [-0.4, -0.2) is 26.5 Å². The normalized spacial score (nSPS) is 10.7. The van der Waals surface area contributed by atoms with Crippen molar-refractivity contribution in [2.75, 3.05) is 6.26 Å². The van der Waals surface area contributed by atoms with Crippen LogP contribution in [0, 0.1) is 11.3 Å². The lowest BCUT2D eigenvalue weighted by Gasteiger charge is -2.10. The highest BCUT2D eigenvalue weighted by Gasteiger charge is 2.20. The lowest BCUT2D eigenvalue weighted by Crippen LogP contribution is -2.24. The lowest BCUT2D eigenvalue weighted by molar-refractivity contribution is 0.100. The van der Waals surface area contributed by atoms with E-state index in [9.17, 15) is 13.2 Å². The van der Waals surface area contributed by atoms with Gasteiger partial charge < -0.3 is 11.5 Å². The maximum atomic E-state index is 11.9. The summed E-state index contributed by atoms with van der Waals surface area (Å²) >= 11 is 0. The second-order valence-corrected chi connectivity index (χ2v) is 6.47. The van der Waals surface area contributed by atoms with Crippen LogP contribution in [0.3, 0.4) is 0 Å². The van der Waals surface area contributed by atoms with Crippen LogP contribution in [0.25, 0.3) is 0 Å². The first-order chi connectivity index (χ1) is 9.70. The zero-order chi connectivity index (χ0) is 16.2. The minimum absolute atomic E-state index is 0.0116. The number of nitrogens with zero attached hydrogens (tertiary/aromatic N) is 2. The van der Waals surface area contributed by atoms with Gasteiger partial charge in [-0.05, 0) is 24.1 Å². The Morgan fingerprint density at radius 2 is 2.00 bits per heavy atom. The number of nitrogens with two attached hydrogens (primary N) is 2. The van der Waals surface area contributed by atoms with Crippen molar-refractivity contribution >= 4 is 21.7 Å². The molecule has 0 aliphatic carbocycles. The molecule has 112 valence electrons. The van der Waals surface area contributed by atoms with Crippen LogP contribution < -0.4 is 11.5 Å². The van der Waals surface area contributed by atoms with E-state index < -0.39 is 21.7 Å². The first-order valence-corrected chi connectivity index (χ1v) is 8.00. The van der Waals surface area contributed by atoms with Gasteiger partial charge in [-0.1, -0.05) is 13.3 Å². The van der Waals surface area contributed by atoms with Crippen molar-refractivity contribution in [3.8, 4) is 6.07 Å². The topological polar surface area (TPSA) is 139 Å². The van der Waals surface area contributed by atoms with Crippen molar-refractivity contribution in [2.24, 2.45) is 16.5 Å². The van der Waals surface area contributed by atoms with E-state index in [-0.39, 0.29) is 16.0 Å². The van der Waals surface area contributed by atoms with Crippen molar-refractivity contribution in [3.05, 3.63) is 28.8 Å². The molecule has 1 aromatic carbocycles. The maximum Gasteiger partial charge on any atom is 0.281 e. The van der Waals surface area contributed by atoms with E-state index in [1.54, 1.807) is 0 Å². The molecule has 1 amide bonds. The van der Waals surface area contributed by atoms with Gasteiger partial charge in [0.05, 0.1) is 22.1 Å². The molecule has 0 aliphatic heterocycles. The average molecular weight is 308 g/mol. The van der Waals surface area contributed by atoms with Gasteiger partial charge in [-0.15, -0.1) is 0 Å². The Kier molecular flexibility index (Phi) is 5.05. The summed E-state index contributed by atoms with van der Waals surface area (Å²) in [7, 11) is -3.54. The summed E-state index contributed by atoms with van der Waals surface area (Å²) < 4.78 is 23.7. The fraction of sp³-hybridized carbons (Fsp3) is 0.308. The van der Waals surface area contributed by atoms with Crippen LogP contribution in [0.15, 0.2) is 22.0 Å². The number of rotatable bonds is 4. The molecule has 0 bridgehead atoms. The molecule has 0 atom stereocenters. The largest absolute Gasteiger partial charge is 0.370 e. The third-order valence-corrected chi connectivity index (χ3v) is 3.88. The molecular weight excluding hydrogens is 292 g/mol. The smallest absolute Gasteiger partial charge is 0.281 e. The van der Waals surface area contributed by atoms with Gasteiger partial charge in [0.2, 0.25) is 0 Å². The predicted octanol–water partition coefficient (Wildman–Crippen LogP) is 0.328. The molecule has 0 aliphatic rings. The number of aryl methyl sites for hydroxylation is 1. The molecule has 0 fully saturated rings. The number of benzene rings is 1. The standard InChI is InChI=1S/C13H16N4O3S/c1-3-4-8-5-9(7-14)10(12(18)17-13(15)16)6-11(8)21(2,19)20/h5-6H,3-4H2,1-2H3,(H4,15,16,17,18). The van der Waals surface area contributed by atoms with Crippen LogP contribution >= 0.6 is 0 Å². The fourth-order valence-electron chi connectivity index (χ4n) is 1.88. The van der Waals surface area contributed by atoms with E-state index in [1.165, 1.54) is 6.07 Å². The SMILES string of the molecule is CCCc1cc(C#N)c(C(=O)N=C(N)N)cc1S(C)(=O)=O. The number of sulfone groups is 1. The highest BCUT2D eigenvalue weighted by Crippen LogP contribution is 2.23. The van der Waals surface area contributed by atoms with Crippen LogP contribution in [0.4, 0.5) is 0 Å². The minimum Gasteiger partial charge on any atom is -0.370 e. The first kappa shape index (κ1) is 16.7. The summed E-state index contributed by atoms with van der Waals surface area (Å²) in [6.07, 6.45) is 2.23. The number of carbonyl (C=O) groups excluding carboxylic acids is 1. The molecular formula is C13H16N4O3S. The second kappa shape index (κ2) is 6.37. The summed E-state index contributed by atoms with van der Waals surface area (Å²) in [5.74, 6) is -1.30. The molecule has 1 rings (SSSR count). The third kappa shape index (κ3) is 4.03. The maximum absolute atomic E-state index is 11.9. The summed E-state index contributed by atoms with van der Waals surface area (Å²) in [4.78, 5) is 15.2. The summed E-state index contributed by atoms with van der Waals surface area (Å²) in [5, 5.41) is 9.13. The molecule has 0 aromatic heterocycles. The summed E-state index contributed by atoms with van der Waals surface area (Å²) in [6, 6.07) is 4.42. The first-order valence-electron chi connectivity index (χ1n) is 6.11.